The lowest BCUT2D eigenvalue weighted by Crippen LogP contribution is -3.00. The number of aromatic carboxylic acids is 1. The Kier molecular flexibility index (Phi) is 9.64. The van der Waals surface area contributed by atoms with Crippen molar-refractivity contribution in [3.8, 4) is 22.5 Å². The van der Waals surface area contributed by atoms with E-state index in [-0.39, 0.29) is 18.0 Å². The van der Waals surface area contributed by atoms with Gasteiger partial charge in [-0.25, -0.2) is 9.79 Å². The zero-order valence-corrected chi connectivity index (χ0v) is 21.8. The fourth-order valence-electron chi connectivity index (χ4n) is 4.14. The van der Waals surface area contributed by atoms with Crippen LogP contribution in [0.2, 0.25) is 0 Å². The van der Waals surface area contributed by atoms with E-state index in [2.05, 4.69) is 36.3 Å². The number of carboxylic acids is 2. The summed E-state index contributed by atoms with van der Waals surface area (Å²) < 4.78 is 6.37. The third-order valence-electron chi connectivity index (χ3n) is 5.57. The van der Waals surface area contributed by atoms with E-state index in [0.717, 1.165) is 70.0 Å². The van der Waals surface area contributed by atoms with Crippen LogP contribution in [0.4, 0.5) is 5.69 Å². The molecule has 2 aromatic carbocycles. The summed E-state index contributed by atoms with van der Waals surface area (Å²) in [6.45, 7) is 10.9. The van der Waals surface area contributed by atoms with Crippen molar-refractivity contribution in [1.29, 1.82) is 0 Å². The van der Waals surface area contributed by atoms with Crippen molar-refractivity contribution in [2.45, 2.75) is 34.6 Å². The van der Waals surface area contributed by atoms with E-state index < -0.39 is 11.9 Å². The zero-order chi connectivity index (χ0) is 25.7. The van der Waals surface area contributed by atoms with Gasteiger partial charge in [0.1, 0.15) is 17.9 Å². The van der Waals surface area contributed by atoms with Gasteiger partial charge in [-0.1, -0.05) is 18.2 Å². The lowest BCUT2D eigenvalue weighted by Gasteiger charge is -2.18. The first-order valence-electron chi connectivity index (χ1n) is 11.5. The summed E-state index contributed by atoms with van der Waals surface area (Å²) in [5.41, 5.74) is 6.63. The Hall–Kier alpha value is -3.84. The predicted octanol–water partition coefficient (Wildman–Crippen LogP) is 1.05. The average Bonchev–Trinajstić information content (AvgIpc) is 2.79. The quantitative estimate of drug-likeness (QED) is 0.298. The standard InChI is InChI=1S/C26H26N2O3.C2H4O2.ClH/c1-5-27-21-13-23-19(11-15(21)3)25(17-9-7-8-10-18(17)26(29)30)20-12-16(4)22(28-6-2)14-24(20)31-23;1-2(3)4;/h7-14,27H,5-6H2,1-4H3,(H,29,30);1H3,(H,3,4);1H. The molecule has 7 nitrogen and oxygen atoms in total. The highest BCUT2D eigenvalue weighted by Gasteiger charge is 2.23. The smallest absolute Gasteiger partial charge is 0.336 e. The van der Waals surface area contributed by atoms with Crippen molar-refractivity contribution in [2.24, 2.45) is 0 Å². The van der Waals surface area contributed by atoms with Crippen LogP contribution < -0.4 is 28.1 Å². The Morgan fingerprint density at radius 1 is 0.972 bits per heavy atom. The predicted molar refractivity (Wildman–Crippen MR) is 137 cm³/mol. The Morgan fingerprint density at radius 2 is 1.64 bits per heavy atom. The molecule has 0 spiro atoms. The van der Waals surface area contributed by atoms with Crippen molar-refractivity contribution in [1.82, 2.24) is 0 Å². The van der Waals surface area contributed by atoms with Crippen LogP contribution >= 0.6 is 0 Å². The maximum Gasteiger partial charge on any atom is 0.336 e. The second kappa shape index (κ2) is 12.2. The number of anilines is 1. The molecule has 2 aromatic rings. The first-order chi connectivity index (χ1) is 16.7. The number of aliphatic carboxylic acids is 1. The number of halogens is 1. The van der Waals surface area contributed by atoms with Crippen molar-refractivity contribution in [3.63, 3.8) is 0 Å². The lowest BCUT2D eigenvalue weighted by atomic mass is 9.89. The summed E-state index contributed by atoms with van der Waals surface area (Å²) in [4.78, 5) is 24.4. The molecule has 0 radical (unpaired) electrons. The van der Waals surface area contributed by atoms with Crippen LogP contribution in [0.1, 0.15) is 42.3 Å². The molecule has 0 saturated heterocycles. The topological polar surface area (TPSA) is 114 Å². The molecule has 0 fully saturated rings. The van der Waals surface area contributed by atoms with Gasteiger partial charge < -0.3 is 32.4 Å². The molecular weight excluding hydrogens is 480 g/mol. The molecule has 0 unspecified atom stereocenters. The Bertz CT molecular complexity index is 1440. The molecule has 0 bridgehead atoms. The van der Waals surface area contributed by atoms with Gasteiger partial charge in [0.25, 0.3) is 5.97 Å². The Morgan fingerprint density at radius 3 is 2.25 bits per heavy atom. The van der Waals surface area contributed by atoms with Gasteiger partial charge in [0, 0.05) is 47.3 Å². The van der Waals surface area contributed by atoms with E-state index in [4.69, 9.17) is 14.3 Å². The molecule has 190 valence electrons. The molecular formula is C28H31ClN2O5. The van der Waals surface area contributed by atoms with Crippen LogP contribution in [0, 0.1) is 13.8 Å². The van der Waals surface area contributed by atoms with E-state index in [1.54, 1.807) is 12.1 Å². The Labute approximate surface area is 216 Å². The van der Waals surface area contributed by atoms with E-state index in [0.29, 0.717) is 5.56 Å². The molecule has 4 rings (SSSR count). The molecule has 0 amide bonds. The lowest BCUT2D eigenvalue weighted by molar-refractivity contribution is -0.496. The molecule has 0 saturated carbocycles. The first kappa shape index (κ1) is 28.4. The summed E-state index contributed by atoms with van der Waals surface area (Å²) in [7, 11) is 0. The van der Waals surface area contributed by atoms with Crippen LogP contribution in [0.3, 0.4) is 0 Å². The van der Waals surface area contributed by atoms with Gasteiger partial charge >= 0.3 is 5.97 Å². The van der Waals surface area contributed by atoms with Crippen molar-refractivity contribution in [2.75, 3.05) is 18.4 Å². The summed E-state index contributed by atoms with van der Waals surface area (Å²) in [6, 6.07) is 15.3. The largest absolute Gasteiger partial charge is 1.00 e. The molecule has 4 N–H and O–H groups in total. The van der Waals surface area contributed by atoms with Gasteiger partial charge in [0.2, 0.25) is 5.36 Å². The highest BCUT2D eigenvalue weighted by Crippen LogP contribution is 2.42. The fraction of sp³-hybridized carbons (Fsp3) is 0.250. The van der Waals surface area contributed by atoms with Gasteiger partial charge in [-0.2, -0.15) is 0 Å². The van der Waals surface area contributed by atoms with E-state index in [1.807, 2.05) is 38.1 Å². The molecule has 1 aliphatic heterocycles. The number of benzene rings is 3. The average molecular weight is 511 g/mol. The molecule has 1 aliphatic carbocycles. The summed E-state index contributed by atoms with van der Waals surface area (Å²) in [5.74, 6) is -1.06. The zero-order valence-electron chi connectivity index (χ0n) is 21.0. The minimum atomic E-state index is -0.945. The van der Waals surface area contributed by atoms with Gasteiger partial charge in [-0.3, -0.25) is 4.79 Å². The second-order valence-electron chi connectivity index (χ2n) is 8.23. The number of rotatable bonds is 5. The highest BCUT2D eigenvalue weighted by atomic mass is 35.5. The number of aryl methyl sites for hydroxylation is 2. The van der Waals surface area contributed by atoms with E-state index >= 15 is 0 Å². The van der Waals surface area contributed by atoms with Crippen molar-refractivity contribution in [3.05, 3.63) is 70.6 Å². The van der Waals surface area contributed by atoms with E-state index in [1.165, 1.54) is 0 Å². The van der Waals surface area contributed by atoms with Crippen LogP contribution in [0.15, 0.2) is 52.9 Å². The number of nitrogens with one attached hydrogen (secondary N) is 2. The molecule has 36 heavy (non-hydrogen) atoms. The Balaban J connectivity index is 0.000000850. The SMILES string of the molecule is CC(=O)O.CCNc1cc2oc3cc(=[NH+]CC)c(C)cc-3c(-c3ccccc3C(=O)O)c2cc1C.[Cl-]. The molecule has 8 heteroatoms. The first-order valence-corrected chi connectivity index (χ1v) is 11.5. The number of hydrogen-bond donors (Lipinski definition) is 4. The third-order valence-corrected chi connectivity index (χ3v) is 5.57. The molecule has 2 aliphatic rings. The number of hydrogen-bond acceptors (Lipinski definition) is 4. The second-order valence-corrected chi connectivity index (χ2v) is 8.23. The summed E-state index contributed by atoms with van der Waals surface area (Å²) >= 11 is 0. The minimum absolute atomic E-state index is 0. The normalized spacial score (nSPS) is 11.0. The molecule has 0 aromatic heterocycles. The monoisotopic (exact) mass is 510 g/mol. The van der Waals surface area contributed by atoms with Crippen molar-refractivity contribution >= 4 is 28.6 Å². The van der Waals surface area contributed by atoms with Crippen LogP contribution in [0.5, 0.6) is 0 Å². The van der Waals surface area contributed by atoms with Gasteiger partial charge in [-0.05, 0) is 57.0 Å². The highest BCUT2D eigenvalue weighted by molar-refractivity contribution is 6.08. The number of carbonyl (C=O) groups is 2. The maximum absolute atomic E-state index is 12.0. The van der Waals surface area contributed by atoms with Crippen LogP contribution in [-0.2, 0) is 4.79 Å². The van der Waals surface area contributed by atoms with Crippen LogP contribution in [0.25, 0.3) is 33.4 Å². The van der Waals surface area contributed by atoms with E-state index in [9.17, 15) is 9.90 Å². The third kappa shape index (κ3) is 6.04. The maximum atomic E-state index is 12.0. The van der Waals surface area contributed by atoms with Gasteiger partial charge in [-0.15, -0.1) is 0 Å². The number of carboxylic acid groups (broad SMARTS) is 2. The van der Waals surface area contributed by atoms with Gasteiger partial charge in [0.05, 0.1) is 11.6 Å². The molecule has 0 atom stereocenters. The number of fused-ring (bicyclic) bond motifs is 2. The van der Waals surface area contributed by atoms with Crippen LogP contribution in [-0.4, -0.2) is 35.2 Å². The minimum Gasteiger partial charge on any atom is -1.00 e. The summed E-state index contributed by atoms with van der Waals surface area (Å²) in [5, 5.41) is 22.6. The molecule has 1 heterocycles. The van der Waals surface area contributed by atoms with Crippen molar-refractivity contribution < 1.29 is 41.6 Å². The van der Waals surface area contributed by atoms with Gasteiger partial charge in [0.15, 0.2) is 0 Å². The summed E-state index contributed by atoms with van der Waals surface area (Å²) in [6.07, 6.45) is 0. The fourth-order valence-corrected chi connectivity index (χ4v) is 4.14.